The van der Waals surface area contributed by atoms with E-state index in [2.05, 4.69) is 19.2 Å². The summed E-state index contributed by atoms with van der Waals surface area (Å²) in [5, 5.41) is 3.84. The summed E-state index contributed by atoms with van der Waals surface area (Å²) in [6.45, 7) is 5.99. The first-order valence-corrected chi connectivity index (χ1v) is 6.99. The van der Waals surface area contributed by atoms with Crippen LogP contribution in [0.4, 0.5) is 0 Å². The van der Waals surface area contributed by atoms with E-state index in [0.717, 1.165) is 12.0 Å². The van der Waals surface area contributed by atoms with E-state index in [-0.39, 0.29) is 0 Å². The molecule has 0 spiro atoms. The molecule has 1 N–H and O–H groups in total. The minimum absolute atomic E-state index is 0.664. The van der Waals surface area contributed by atoms with Crippen molar-refractivity contribution in [3.05, 3.63) is 0 Å². The fraction of sp³-hybridized carbons (Fsp3) is 1.00. The Hall–Kier alpha value is -0.0400. The van der Waals surface area contributed by atoms with Crippen LogP contribution >= 0.6 is 0 Å². The fourth-order valence-electron chi connectivity index (χ4n) is 3.26. The highest BCUT2D eigenvalue weighted by atomic mass is 15.0. The molecule has 1 unspecified atom stereocenters. The van der Waals surface area contributed by atoms with E-state index in [1.54, 1.807) is 0 Å². The molecule has 15 heavy (non-hydrogen) atoms. The molecule has 0 saturated heterocycles. The molecule has 0 amide bonds. The standard InChI is InChI=1S/C14H27N/c1-3-11-15-13(14(2)9-10-14)12-7-5-4-6-8-12/h12-13,15H,3-11H2,1-2H3. The van der Waals surface area contributed by atoms with E-state index in [1.807, 2.05) is 0 Å². The van der Waals surface area contributed by atoms with Gasteiger partial charge in [0.2, 0.25) is 0 Å². The van der Waals surface area contributed by atoms with Crippen molar-refractivity contribution in [3.63, 3.8) is 0 Å². The molecule has 1 atom stereocenters. The number of rotatable bonds is 5. The van der Waals surface area contributed by atoms with Crippen molar-refractivity contribution >= 4 is 0 Å². The van der Waals surface area contributed by atoms with Crippen LogP contribution < -0.4 is 5.32 Å². The first kappa shape index (κ1) is 11.4. The summed E-state index contributed by atoms with van der Waals surface area (Å²) in [4.78, 5) is 0. The van der Waals surface area contributed by atoms with Crippen molar-refractivity contribution in [1.29, 1.82) is 0 Å². The maximum Gasteiger partial charge on any atom is 0.0149 e. The smallest absolute Gasteiger partial charge is 0.0149 e. The van der Waals surface area contributed by atoms with Crippen molar-refractivity contribution in [2.45, 2.75) is 71.3 Å². The number of hydrogen-bond acceptors (Lipinski definition) is 1. The third-order valence-electron chi connectivity index (χ3n) is 4.52. The van der Waals surface area contributed by atoms with Gasteiger partial charge in [0, 0.05) is 6.04 Å². The molecule has 0 radical (unpaired) electrons. The van der Waals surface area contributed by atoms with Crippen LogP contribution in [0, 0.1) is 11.3 Å². The second-order valence-electron chi connectivity index (χ2n) is 5.98. The van der Waals surface area contributed by atoms with Crippen LogP contribution in [0.1, 0.15) is 65.2 Å². The van der Waals surface area contributed by atoms with E-state index >= 15 is 0 Å². The van der Waals surface area contributed by atoms with Gasteiger partial charge in [0.05, 0.1) is 0 Å². The number of nitrogens with one attached hydrogen (secondary N) is 1. The van der Waals surface area contributed by atoms with Crippen molar-refractivity contribution in [2.75, 3.05) is 6.54 Å². The van der Waals surface area contributed by atoms with Gasteiger partial charge in [0.25, 0.3) is 0 Å². The third-order valence-corrected chi connectivity index (χ3v) is 4.52. The lowest BCUT2D eigenvalue weighted by Gasteiger charge is -2.35. The molecule has 0 aliphatic heterocycles. The summed E-state index contributed by atoms with van der Waals surface area (Å²) in [5.41, 5.74) is 0.664. The van der Waals surface area contributed by atoms with E-state index in [4.69, 9.17) is 0 Å². The Bertz CT molecular complexity index is 190. The number of hydrogen-bond donors (Lipinski definition) is 1. The zero-order valence-electron chi connectivity index (χ0n) is 10.5. The SMILES string of the molecule is CCCNC(C1CCCCC1)C1(C)CC1. The van der Waals surface area contributed by atoms with Crippen LogP contribution in [-0.4, -0.2) is 12.6 Å². The predicted octanol–water partition coefficient (Wildman–Crippen LogP) is 3.74. The zero-order chi connectivity index (χ0) is 10.7. The second-order valence-corrected chi connectivity index (χ2v) is 5.98. The molecule has 2 saturated carbocycles. The highest BCUT2D eigenvalue weighted by Gasteiger charge is 2.47. The normalized spacial score (nSPS) is 27.6. The van der Waals surface area contributed by atoms with E-state index in [1.165, 1.54) is 57.9 Å². The monoisotopic (exact) mass is 209 g/mol. The summed E-state index contributed by atoms with van der Waals surface area (Å²) in [7, 11) is 0. The lowest BCUT2D eigenvalue weighted by molar-refractivity contribution is 0.202. The summed E-state index contributed by atoms with van der Waals surface area (Å²) in [5.74, 6) is 0.984. The molecular formula is C14H27N. The van der Waals surface area contributed by atoms with Gasteiger partial charge < -0.3 is 5.32 Å². The maximum atomic E-state index is 3.84. The van der Waals surface area contributed by atoms with Crippen LogP contribution in [0.25, 0.3) is 0 Å². The Labute approximate surface area is 95.0 Å². The van der Waals surface area contributed by atoms with E-state index in [9.17, 15) is 0 Å². The van der Waals surface area contributed by atoms with Gasteiger partial charge in [0.15, 0.2) is 0 Å². The lowest BCUT2D eigenvalue weighted by atomic mass is 9.77. The van der Waals surface area contributed by atoms with Gasteiger partial charge in [-0.25, -0.2) is 0 Å². The van der Waals surface area contributed by atoms with Crippen molar-refractivity contribution in [1.82, 2.24) is 5.32 Å². The Balaban J connectivity index is 1.91. The van der Waals surface area contributed by atoms with Crippen LogP contribution in [0.2, 0.25) is 0 Å². The highest BCUT2D eigenvalue weighted by molar-refractivity contribution is 5.01. The summed E-state index contributed by atoms with van der Waals surface area (Å²) < 4.78 is 0. The largest absolute Gasteiger partial charge is 0.313 e. The minimum atomic E-state index is 0.664. The average Bonchev–Trinajstić information content (AvgIpc) is 2.99. The van der Waals surface area contributed by atoms with Gasteiger partial charge in [0.1, 0.15) is 0 Å². The van der Waals surface area contributed by atoms with Crippen molar-refractivity contribution in [2.24, 2.45) is 11.3 Å². The summed E-state index contributed by atoms with van der Waals surface area (Å²) in [6.07, 6.45) is 11.6. The van der Waals surface area contributed by atoms with Crippen LogP contribution in [-0.2, 0) is 0 Å². The molecule has 2 fully saturated rings. The second kappa shape index (κ2) is 4.86. The van der Waals surface area contributed by atoms with Gasteiger partial charge in [-0.05, 0) is 50.0 Å². The molecule has 0 aromatic rings. The predicted molar refractivity (Wildman–Crippen MR) is 66.0 cm³/mol. The molecule has 1 heteroatoms. The highest BCUT2D eigenvalue weighted by Crippen LogP contribution is 2.52. The van der Waals surface area contributed by atoms with Crippen LogP contribution in [0.3, 0.4) is 0 Å². The van der Waals surface area contributed by atoms with Crippen LogP contribution in [0.5, 0.6) is 0 Å². The van der Waals surface area contributed by atoms with E-state index < -0.39 is 0 Å². The van der Waals surface area contributed by atoms with Gasteiger partial charge in [-0.2, -0.15) is 0 Å². The molecular weight excluding hydrogens is 182 g/mol. The first-order valence-electron chi connectivity index (χ1n) is 6.99. The molecule has 2 rings (SSSR count). The molecule has 2 aliphatic rings. The summed E-state index contributed by atoms with van der Waals surface area (Å²) >= 11 is 0. The molecule has 0 heterocycles. The van der Waals surface area contributed by atoms with Crippen molar-refractivity contribution < 1.29 is 0 Å². The fourth-order valence-corrected chi connectivity index (χ4v) is 3.26. The Morgan fingerprint density at radius 1 is 1.20 bits per heavy atom. The quantitative estimate of drug-likeness (QED) is 0.727. The van der Waals surface area contributed by atoms with E-state index in [0.29, 0.717) is 5.41 Å². The van der Waals surface area contributed by atoms with Gasteiger partial charge >= 0.3 is 0 Å². The Morgan fingerprint density at radius 2 is 1.87 bits per heavy atom. The molecule has 0 aromatic carbocycles. The van der Waals surface area contributed by atoms with Gasteiger partial charge in [-0.15, -0.1) is 0 Å². The Kier molecular flexibility index (Phi) is 3.71. The average molecular weight is 209 g/mol. The van der Waals surface area contributed by atoms with Gasteiger partial charge in [-0.3, -0.25) is 0 Å². The van der Waals surface area contributed by atoms with Gasteiger partial charge in [-0.1, -0.05) is 33.1 Å². The maximum absolute atomic E-state index is 3.84. The van der Waals surface area contributed by atoms with Crippen LogP contribution in [0.15, 0.2) is 0 Å². The zero-order valence-corrected chi connectivity index (χ0v) is 10.5. The molecule has 0 aromatic heterocycles. The topological polar surface area (TPSA) is 12.0 Å². The van der Waals surface area contributed by atoms with Crippen molar-refractivity contribution in [3.8, 4) is 0 Å². The summed E-state index contributed by atoms with van der Waals surface area (Å²) in [6, 6.07) is 0.831. The molecule has 88 valence electrons. The Morgan fingerprint density at radius 3 is 2.40 bits per heavy atom. The minimum Gasteiger partial charge on any atom is -0.313 e. The molecule has 0 bridgehead atoms. The first-order chi connectivity index (χ1) is 7.26. The lowest BCUT2D eigenvalue weighted by Crippen LogP contribution is -2.43. The molecule has 2 aliphatic carbocycles. The molecule has 1 nitrogen and oxygen atoms in total. The third kappa shape index (κ3) is 2.75.